The topological polar surface area (TPSA) is 46.3 Å². The van der Waals surface area contributed by atoms with Crippen LogP contribution in [-0.4, -0.2) is 16.9 Å². The summed E-state index contributed by atoms with van der Waals surface area (Å²) in [6.45, 7) is 3.76. The third kappa shape index (κ3) is 2.52. The minimum atomic E-state index is -0.562. The molecule has 0 saturated heterocycles. The molecule has 0 aliphatic heterocycles. The lowest BCUT2D eigenvalue weighted by atomic mass is 10.6. The summed E-state index contributed by atoms with van der Waals surface area (Å²) >= 11 is 3.69. The Hall–Kier alpha value is -0.640. The number of urea groups is 1. The van der Waals surface area contributed by atoms with Crippen molar-refractivity contribution >= 4 is 18.8 Å². The quantitative estimate of drug-likeness (QED) is 0.414. The monoisotopic (exact) mass is 132 g/mol. The predicted octanol–water partition coefficient (Wildman–Crippen LogP) is 0.398. The van der Waals surface area contributed by atoms with Gasteiger partial charge in [0.1, 0.15) is 0 Å². The van der Waals surface area contributed by atoms with E-state index in [1.807, 2.05) is 0 Å². The first kappa shape index (κ1) is 7.36. The van der Waals surface area contributed by atoms with Crippen LogP contribution < -0.4 is 5.73 Å². The highest BCUT2D eigenvalue weighted by Gasteiger charge is 1.97. The Labute approximate surface area is 53.7 Å². The molecule has 0 aromatic rings. The van der Waals surface area contributed by atoms with Gasteiger partial charge < -0.3 is 5.73 Å². The highest BCUT2D eigenvalue weighted by molar-refractivity contribution is 7.78. The summed E-state index contributed by atoms with van der Waals surface area (Å²) in [5, 5.41) is 0. The van der Waals surface area contributed by atoms with Crippen LogP contribution in [0.5, 0.6) is 0 Å². The first-order chi connectivity index (χ1) is 3.68. The fourth-order valence-electron chi connectivity index (χ4n) is 0.212. The molecule has 0 saturated carbocycles. The second-order valence-electron chi connectivity index (χ2n) is 1.21. The molecular formula is C4H8N2OS. The molecule has 0 bridgehead atoms. The highest BCUT2D eigenvalue weighted by atomic mass is 32.1. The zero-order chi connectivity index (χ0) is 6.57. The van der Waals surface area contributed by atoms with Gasteiger partial charge >= 0.3 is 6.03 Å². The molecule has 0 aromatic heterocycles. The maximum atomic E-state index is 10.1. The smallest absolute Gasteiger partial charge is 0.324 e. The average molecular weight is 132 g/mol. The normalized spacial score (nSPS) is 8.12. The summed E-state index contributed by atoms with van der Waals surface area (Å²) in [6, 6.07) is -0.562. The zero-order valence-electron chi connectivity index (χ0n) is 4.37. The Morgan fingerprint density at radius 3 is 2.62 bits per heavy atom. The zero-order valence-corrected chi connectivity index (χ0v) is 5.27. The molecule has 0 unspecified atom stereocenters. The van der Waals surface area contributed by atoms with Crippen LogP contribution in [0.2, 0.25) is 0 Å². The van der Waals surface area contributed by atoms with Gasteiger partial charge in [0, 0.05) is 0 Å². The average Bonchev–Trinajstić information content (AvgIpc) is 1.67. The van der Waals surface area contributed by atoms with Gasteiger partial charge in [0.25, 0.3) is 0 Å². The summed E-state index contributed by atoms with van der Waals surface area (Å²) in [6.07, 6.45) is 1.54. The van der Waals surface area contributed by atoms with Gasteiger partial charge in [0.15, 0.2) is 0 Å². The number of hydrogen-bond donors (Lipinski definition) is 2. The molecule has 0 rings (SSSR count). The van der Waals surface area contributed by atoms with Crippen molar-refractivity contribution in [2.24, 2.45) is 5.73 Å². The number of primary amides is 1. The van der Waals surface area contributed by atoms with Crippen LogP contribution in [0.4, 0.5) is 4.79 Å². The summed E-state index contributed by atoms with van der Waals surface area (Å²) in [4.78, 5) is 10.1. The number of amides is 2. The summed E-state index contributed by atoms with van der Waals surface area (Å²) in [5.41, 5.74) is 4.78. The largest absolute Gasteiger partial charge is 0.351 e. The number of nitrogens with zero attached hydrogens (tertiary/aromatic N) is 1. The fraction of sp³-hybridized carbons (Fsp3) is 0.250. The molecule has 0 atom stereocenters. The maximum Gasteiger partial charge on any atom is 0.324 e. The molecule has 2 N–H and O–H groups in total. The van der Waals surface area contributed by atoms with E-state index in [0.29, 0.717) is 6.54 Å². The van der Waals surface area contributed by atoms with Crippen LogP contribution in [0, 0.1) is 0 Å². The van der Waals surface area contributed by atoms with Crippen molar-refractivity contribution < 1.29 is 4.79 Å². The van der Waals surface area contributed by atoms with Crippen LogP contribution in [-0.2, 0) is 0 Å². The first-order valence-electron chi connectivity index (χ1n) is 2.05. The minimum absolute atomic E-state index is 0.373. The van der Waals surface area contributed by atoms with Gasteiger partial charge in [-0.05, 0) is 0 Å². The Bertz CT molecular complexity index is 104. The third-order valence-corrected chi connectivity index (χ3v) is 0.917. The molecule has 0 fully saturated rings. The van der Waals surface area contributed by atoms with Gasteiger partial charge in [-0.25, -0.2) is 4.79 Å². The molecule has 2 amide bonds. The summed E-state index contributed by atoms with van der Waals surface area (Å²) in [7, 11) is 0. The van der Waals surface area contributed by atoms with Crippen molar-refractivity contribution in [2.45, 2.75) is 0 Å². The Morgan fingerprint density at radius 1 is 2.00 bits per heavy atom. The molecule has 0 spiro atoms. The number of rotatable bonds is 2. The van der Waals surface area contributed by atoms with Gasteiger partial charge in [-0.2, -0.15) is 0 Å². The number of carbonyl (C=O) groups excluding carboxylic acids is 1. The van der Waals surface area contributed by atoms with Crippen molar-refractivity contribution in [3.8, 4) is 0 Å². The molecular weight excluding hydrogens is 124 g/mol. The second-order valence-corrected chi connectivity index (χ2v) is 1.69. The number of hydrogen-bond acceptors (Lipinski definition) is 2. The van der Waals surface area contributed by atoms with Gasteiger partial charge in [-0.1, -0.05) is 18.9 Å². The minimum Gasteiger partial charge on any atom is -0.351 e. The van der Waals surface area contributed by atoms with E-state index in [1.165, 1.54) is 6.08 Å². The SMILES string of the molecule is C=CCN(S)C(N)=O. The number of carbonyl (C=O) groups is 1. The second kappa shape index (κ2) is 3.37. The van der Waals surface area contributed by atoms with E-state index in [4.69, 9.17) is 5.73 Å². The fourth-order valence-corrected chi connectivity index (χ4v) is 0.328. The van der Waals surface area contributed by atoms with Crippen LogP contribution in [0.3, 0.4) is 0 Å². The van der Waals surface area contributed by atoms with Crippen molar-refractivity contribution in [3.63, 3.8) is 0 Å². The van der Waals surface area contributed by atoms with Gasteiger partial charge in [0.2, 0.25) is 0 Å². The first-order valence-corrected chi connectivity index (χ1v) is 2.45. The molecule has 0 aromatic carbocycles. The number of nitrogens with two attached hydrogens (primary N) is 1. The summed E-state index contributed by atoms with van der Waals surface area (Å²) < 4.78 is 1.06. The van der Waals surface area contributed by atoms with E-state index in [2.05, 4.69) is 19.4 Å². The van der Waals surface area contributed by atoms with Crippen molar-refractivity contribution in [2.75, 3.05) is 6.54 Å². The molecule has 0 aliphatic rings. The Kier molecular flexibility index (Phi) is 3.10. The van der Waals surface area contributed by atoms with Crippen LogP contribution in [0.15, 0.2) is 12.7 Å². The highest BCUT2D eigenvalue weighted by Crippen LogP contribution is 1.89. The van der Waals surface area contributed by atoms with Gasteiger partial charge in [-0.15, -0.1) is 6.58 Å². The molecule has 46 valence electrons. The van der Waals surface area contributed by atoms with E-state index in [-0.39, 0.29) is 0 Å². The van der Waals surface area contributed by atoms with E-state index in [9.17, 15) is 4.79 Å². The van der Waals surface area contributed by atoms with Crippen LogP contribution in [0.1, 0.15) is 0 Å². The van der Waals surface area contributed by atoms with Crippen molar-refractivity contribution in [1.82, 2.24) is 4.31 Å². The standard InChI is InChI=1S/C4H8N2OS/c1-2-3-6(8)4(5)7/h2,8H,1,3H2,(H2,5,7). The molecule has 3 nitrogen and oxygen atoms in total. The van der Waals surface area contributed by atoms with E-state index >= 15 is 0 Å². The van der Waals surface area contributed by atoms with Crippen molar-refractivity contribution in [1.29, 1.82) is 0 Å². The molecule has 0 aliphatic carbocycles. The molecule has 4 heteroatoms. The lowest BCUT2D eigenvalue weighted by molar-refractivity contribution is 0.237. The van der Waals surface area contributed by atoms with Gasteiger partial charge in [0.05, 0.1) is 6.54 Å². The molecule has 0 heterocycles. The lowest BCUT2D eigenvalue weighted by Gasteiger charge is -2.07. The molecule has 8 heavy (non-hydrogen) atoms. The predicted molar refractivity (Wildman–Crippen MR) is 35.5 cm³/mol. The molecule has 0 radical (unpaired) electrons. The Balaban J connectivity index is 3.46. The van der Waals surface area contributed by atoms with Crippen molar-refractivity contribution in [3.05, 3.63) is 12.7 Å². The van der Waals surface area contributed by atoms with Crippen LogP contribution in [0.25, 0.3) is 0 Å². The lowest BCUT2D eigenvalue weighted by Crippen LogP contribution is -2.27. The van der Waals surface area contributed by atoms with Crippen LogP contribution >= 0.6 is 12.8 Å². The summed E-state index contributed by atoms with van der Waals surface area (Å²) in [5.74, 6) is 0. The Morgan fingerprint density at radius 2 is 2.50 bits per heavy atom. The van der Waals surface area contributed by atoms with E-state index in [0.717, 1.165) is 4.31 Å². The maximum absolute atomic E-state index is 10.1. The van der Waals surface area contributed by atoms with E-state index in [1.54, 1.807) is 0 Å². The third-order valence-electron chi connectivity index (χ3n) is 0.556. The number of thiol groups is 1. The van der Waals surface area contributed by atoms with E-state index < -0.39 is 6.03 Å². The van der Waals surface area contributed by atoms with Gasteiger partial charge in [-0.3, -0.25) is 4.31 Å².